The Kier molecular flexibility index (Phi) is 4.20. The van der Waals surface area contributed by atoms with Gasteiger partial charge in [0, 0.05) is 11.1 Å². The maximum absolute atomic E-state index is 10.4. The summed E-state index contributed by atoms with van der Waals surface area (Å²) < 4.78 is 5.09. The van der Waals surface area contributed by atoms with E-state index in [0.717, 1.165) is 11.1 Å². The van der Waals surface area contributed by atoms with E-state index < -0.39 is 5.97 Å². The third-order valence-electron chi connectivity index (χ3n) is 2.32. The Labute approximate surface area is 111 Å². The van der Waals surface area contributed by atoms with E-state index in [0.29, 0.717) is 5.75 Å². The smallest absolute Gasteiger partial charge is 0.341 e. The Morgan fingerprint density at radius 3 is 2.42 bits per heavy atom. The number of benzene rings is 2. The fourth-order valence-electron chi connectivity index (χ4n) is 1.47. The van der Waals surface area contributed by atoms with Gasteiger partial charge in [0.15, 0.2) is 6.61 Å². The number of carboxylic acids is 1. The number of hydrogen-bond donors (Lipinski definition) is 1. The summed E-state index contributed by atoms with van der Waals surface area (Å²) in [5.41, 5.74) is 1.71. The van der Waals surface area contributed by atoms with Crippen molar-refractivity contribution in [3.8, 4) is 17.6 Å². The van der Waals surface area contributed by atoms with Crippen molar-refractivity contribution in [2.24, 2.45) is 0 Å². The number of aliphatic carboxylic acids is 1. The number of rotatable bonds is 3. The van der Waals surface area contributed by atoms with Crippen molar-refractivity contribution in [3.05, 3.63) is 65.7 Å². The lowest BCUT2D eigenvalue weighted by molar-refractivity contribution is -0.139. The number of carbonyl (C=O) groups is 1. The van der Waals surface area contributed by atoms with Crippen molar-refractivity contribution >= 4 is 5.97 Å². The van der Waals surface area contributed by atoms with Gasteiger partial charge in [-0.05, 0) is 30.3 Å². The van der Waals surface area contributed by atoms with Gasteiger partial charge in [-0.3, -0.25) is 0 Å². The van der Waals surface area contributed by atoms with Gasteiger partial charge in [-0.2, -0.15) is 0 Å². The van der Waals surface area contributed by atoms with Crippen LogP contribution in [0.1, 0.15) is 11.1 Å². The van der Waals surface area contributed by atoms with E-state index in [1.165, 1.54) is 0 Å². The molecule has 0 fully saturated rings. The molecule has 0 amide bonds. The largest absolute Gasteiger partial charge is 0.482 e. The van der Waals surface area contributed by atoms with Crippen LogP contribution in [0.3, 0.4) is 0 Å². The third kappa shape index (κ3) is 4.21. The Hall–Kier alpha value is -2.73. The van der Waals surface area contributed by atoms with Crippen LogP contribution in [0, 0.1) is 11.8 Å². The lowest BCUT2D eigenvalue weighted by Crippen LogP contribution is -2.09. The van der Waals surface area contributed by atoms with E-state index in [4.69, 9.17) is 9.84 Å². The predicted octanol–water partition coefficient (Wildman–Crippen LogP) is 2.55. The average Bonchev–Trinajstić information content (AvgIpc) is 2.44. The van der Waals surface area contributed by atoms with Gasteiger partial charge in [0.2, 0.25) is 0 Å². The summed E-state index contributed by atoms with van der Waals surface area (Å²) in [6.07, 6.45) is 0. The van der Waals surface area contributed by atoms with E-state index >= 15 is 0 Å². The van der Waals surface area contributed by atoms with Crippen LogP contribution in [0.25, 0.3) is 0 Å². The van der Waals surface area contributed by atoms with E-state index in [9.17, 15) is 4.79 Å². The molecular formula is C16H12O3. The molecule has 3 nitrogen and oxygen atoms in total. The van der Waals surface area contributed by atoms with Crippen LogP contribution in [-0.2, 0) is 4.79 Å². The van der Waals surface area contributed by atoms with Gasteiger partial charge in [-0.25, -0.2) is 4.79 Å². The van der Waals surface area contributed by atoms with Crippen molar-refractivity contribution < 1.29 is 14.6 Å². The number of carboxylic acid groups (broad SMARTS) is 1. The molecule has 0 aliphatic carbocycles. The Morgan fingerprint density at radius 2 is 1.68 bits per heavy atom. The summed E-state index contributed by atoms with van der Waals surface area (Å²) >= 11 is 0. The Morgan fingerprint density at radius 1 is 1.00 bits per heavy atom. The molecule has 3 heteroatoms. The van der Waals surface area contributed by atoms with Crippen LogP contribution in [0.2, 0.25) is 0 Å². The molecule has 0 saturated heterocycles. The first-order valence-corrected chi connectivity index (χ1v) is 5.76. The molecule has 0 aliphatic heterocycles. The molecule has 19 heavy (non-hydrogen) atoms. The molecule has 0 spiro atoms. The minimum absolute atomic E-state index is 0.352. The standard InChI is InChI=1S/C16H12O3/c17-16(18)12-19-15-8-4-7-14(11-15)10-9-13-5-2-1-3-6-13/h1-8,11H,12H2,(H,17,18). The number of ether oxygens (including phenoxy) is 1. The molecule has 0 aromatic heterocycles. The normalized spacial score (nSPS) is 9.26. The second kappa shape index (κ2) is 6.27. The maximum Gasteiger partial charge on any atom is 0.341 e. The van der Waals surface area contributed by atoms with Crippen molar-refractivity contribution in [1.82, 2.24) is 0 Å². The van der Waals surface area contributed by atoms with Gasteiger partial charge < -0.3 is 9.84 Å². The fourth-order valence-corrected chi connectivity index (χ4v) is 1.47. The fraction of sp³-hybridized carbons (Fsp3) is 0.0625. The molecule has 0 heterocycles. The highest BCUT2D eigenvalue weighted by Crippen LogP contribution is 2.12. The zero-order valence-electron chi connectivity index (χ0n) is 10.2. The van der Waals surface area contributed by atoms with Crippen molar-refractivity contribution in [1.29, 1.82) is 0 Å². The lowest BCUT2D eigenvalue weighted by atomic mass is 10.2. The monoisotopic (exact) mass is 252 g/mol. The first-order valence-electron chi connectivity index (χ1n) is 5.76. The van der Waals surface area contributed by atoms with E-state index in [1.807, 2.05) is 36.4 Å². The average molecular weight is 252 g/mol. The topological polar surface area (TPSA) is 46.5 Å². The minimum atomic E-state index is -0.999. The van der Waals surface area contributed by atoms with Gasteiger partial charge in [0.1, 0.15) is 5.75 Å². The van der Waals surface area contributed by atoms with Crippen LogP contribution < -0.4 is 4.74 Å². The first-order chi connectivity index (χ1) is 9.24. The molecule has 94 valence electrons. The Bertz CT molecular complexity index is 621. The molecule has 2 aromatic carbocycles. The quantitative estimate of drug-likeness (QED) is 0.854. The lowest BCUT2D eigenvalue weighted by Gasteiger charge is -2.02. The summed E-state index contributed by atoms with van der Waals surface area (Å²) in [5, 5.41) is 8.54. The Balaban J connectivity index is 2.11. The second-order valence-corrected chi connectivity index (χ2v) is 3.83. The van der Waals surface area contributed by atoms with Crippen molar-refractivity contribution in [3.63, 3.8) is 0 Å². The van der Waals surface area contributed by atoms with Gasteiger partial charge in [0.05, 0.1) is 0 Å². The highest BCUT2D eigenvalue weighted by molar-refractivity contribution is 5.68. The molecule has 0 bridgehead atoms. The third-order valence-corrected chi connectivity index (χ3v) is 2.32. The van der Waals surface area contributed by atoms with Gasteiger partial charge in [-0.15, -0.1) is 0 Å². The SMILES string of the molecule is O=C(O)COc1cccc(C#Cc2ccccc2)c1. The minimum Gasteiger partial charge on any atom is -0.482 e. The van der Waals surface area contributed by atoms with Crippen LogP contribution in [0.4, 0.5) is 0 Å². The predicted molar refractivity (Wildman–Crippen MR) is 72.0 cm³/mol. The first kappa shape index (κ1) is 12.7. The molecular weight excluding hydrogens is 240 g/mol. The zero-order chi connectivity index (χ0) is 13.5. The van der Waals surface area contributed by atoms with Crippen LogP contribution in [-0.4, -0.2) is 17.7 Å². The molecule has 2 aromatic rings. The van der Waals surface area contributed by atoms with Crippen LogP contribution in [0.15, 0.2) is 54.6 Å². The summed E-state index contributed by atoms with van der Waals surface area (Å²) in [6, 6.07) is 16.7. The van der Waals surface area contributed by atoms with Crippen molar-refractivity contribution in [2.45, 2.75) is 0 Å². The summed E-state index contributed by atoms with van der Waals surface area (Å²) in [4.78, 5) is 10.4. The molecule has 0 atom stereocenters. The molecule has 1 N–H and O–H groups in total. The molecule has 0 radical (unpaired) electrons. The van der Waals surface area contributed by atoms with Crippen molar-refractivity contribution in [2.75, 3.05) is 6.61 Å². The molecule has 0 unspecified atom stereocenters. The van der Waals surface area contributed by atoms with Crippen LogP contribution in [0.5, 0.6) is 5.75 Å². The zero-order valence-corrected chi connectivity index (χ0v) is 10.2. The van der Waals surface area contributed by atoms with Gasteiger partial charge >= 0.3 is 5.97 Å². The second-order valence-electron chi connectivity index (χ2n) is 3.83. The number of hydrogen-bond acceptors (Lipinski definition) is 2. The van der Waals surface area contributed by atoms with E-state index in [2.05, 4.69) is 11.8 Å². The summed E-state index contributed by atoms with van der Waals surface area (Å²) in [7, 11) is 0. The van der Waals surface area contributed by atoms with E-state index in [-0.39, 0.29) is 6.61 Å². The molecule has 2 rings (SSSR count). The highest BCUT2D eigenvalue weighted by Gasteiger charge is 1.99. The van der Waals surface area contributed by atoms with Gasteiger partial charge in [-0.1, -0.05) is 36.1 Å². The van der Waals surface area contributed by atoms with Gasteiger partial charge in [0.25, 0.3) is 0 Å². The van der Waals surface area contributed by atoms with E-state index in [1.54, 1.807) is 18.2 Å². The summed E-state index contributed by atoms with van der Waals surface area (Å²) in [6.45, 7) is -0.352. The molecule has 0 saturated carbocycles. The maximum atomic E-state index is 10.4. The van der Waals surface area contributed by atoms with Crippen LogP contribution >= 0.6 is 0 Å². The highest BCUT2D eigenvalue weighted by atomic mass is 16.5. The summed E-state index contributed by atoms with van der Waals surface area (Å²) in [5.74, 6) is 5.55. The molecule has 0 aliphatic rings.